The topological polar surface area (TPSA) is 55.7 Å². The second-order valence-electron chi connectivity index (χ2n) is 4.16. The second kappa shape index (κ2) is 5.26. The summed E-state index contributed by atoms with van der Waals surface area (Å²) in [7, 11) is 0. The molecule has 2 aromatic heterocycles. The molecule has 0 aliphatic heterocycles. The van der Waals surface area contributed by atoms with Gasteiger partial charge in [-0.1, -0.05) is 23.7 Å². The van der Waals surface area contributed by atoms with E-state index in [0.29, 0.717) is 16.4 Å². The third kappa shape index (κ3) is 2.30. The second-order valence-corrected chi connectivity index (χ2v) is 5.39. The van der Waals surface area contributed by atoms with Crippen LogP contribution in [0.4, 0.5) is 5.69 Å². The van der Waals surface area contributed by atoms with E-state index in [1.165, 1.54) is 0 Å². The summed E-state index contributed by atoms with van der Waals surface area (Å²) in [6, 6.07) is 11.3. The number of aromatic nitrogens is 2. The predicted molar refractivity (Wildman–Crippen MR) is 84.7 cm³/mol. The molecule has 0 radical (unpaired) electrons. The van der Waals surface area contributed by atoms with Crippen LogP contribution < -0.4 is 5.73 Å². The van der Waals surface area contributed by atoms with Gasteiger partial charge < -0.3 is 5.73 Å². The van der Waals surface area contributed by atoms with Gasteiger partial charge >= 0.3 is 0 Å². The molecule has 0 spiro atoms. The zero-order valence-electron chi connectivity index (χ0n) is 10.3. The van der Waals surface area contributed by atoms with E-state index in [-0.39, 0.29) is 0 Å². The van der Waals surface area contributed by atoms with E-state index in [9.17, 15) is 0 Å². The van der Waals surface area contributed by atoms with Crippen molar-refractivity contribution in [1.29, 1.82) is 0 Å². The molecule has 3 rings (SSSR count). The van der Waals surface area contributed by atoms with Crippen molar-refractivity contribution in [3.8, 4) is 0 Å². The monoisotopic (exact) mass is 348 g/mol. The van der Waals surface area contributed by atoms with Gasteiger partial charge in [-0.3, -0.25) is 0 Å². The lowest BCUT2D eigenvalue weighted by molar-refractivity contribution is 0.938. The molecule has 0 fully saturated rings. The Bertz CT molecular complexity index is 810. The van der Waals surface area contributed by atoms with Crippen LogP contribution in [0.2, 0.25) is 5.02 Å². The normalized spacial score (nSPS) is 12.0. The Hall–Kier alpha value is -1.85. The van der Waals surface area contributed by atoms with Crippen LogP contribution in [0.1, 0.15) is 5.56 Å². The van der Waals surface area contributed by atoms with Gasteiger partial charge in [-0.05, 0) is 40.2 Å². The van der Waals surface area contributed by atoms with Gasteiger partial charge in [-0.2, -0.15) is 5.10 Å². The highest BCUT2D eigenvalue weighted by Gasteiger charge is 2.10. The van der Waals surface area contributed by atoms with Crippen LogP contribution in [-0.4, -0.2) is 15.4 Å². The first-order valence-corrected chi connectivity index (χ1v) is 7.05. The van der Waals surface area contributed by atoms with Crippen LogP contribution in [0.25, 0.3) is 5.52 Å². The van der Waals surface area contributed by atoms with E-state index >= 15 is 0 Å². The van der Waals surface area contributed by atoms with Gasteiger partial charge in [0.2, 0.25) is 0 Å². The number of amidine groups is 1. The lowest BCUT2D eigenvalue weighted by Crippen LogP contribution is -2.14. The Morgan fingerprint density at radius 1 is 1.25 bits per heavy atom. The Balaban J connectivity index is 2.10. The van der Waals surface area contributed by atoms with E-state index in [0.717, 1.165) is 15.7 Å². The van der Waals surface area contributed by atoms with Crippen molar-refractivity contribution in [1.82, 2.24) is 9.61 Å². The maximum Gasteiger partial charge on any atom is 0.134 e. The number of fused-ring (bicyclic) bond motifs is 1. The fourth-order valence-electron chi connectivity index (χ4n) is 1.87. The molecule has 1 aromatic carbocycles. The maximum absolute atomic E-state index is 6.35. The van der Waals surface area contributed by atoms with E-state index < -0.39 is 0 Å². The van der Waals surface area contributed by atoms with Gasteiger partial charge in [0.15, 0.2) is 0 Å². The van der Waals surface area contributed by atoms with E-state index in [1.54, 1.807) is 10.7 Å². The molecule has 0 unspecified atom stereocenters. The van der Waals surface area contributed by atoms with Gasteiger partial charge in [0.05, 0.1) is 28.0 Å². The lowest BCUT2D eigenvalue weighted by Gasteiger charge is -2.06. The highest BCUT2D eigenvalue weighted by Crippen LogP contribution is 2.26. The zero-order chi connectivity index (χ0) is 14.1. The molecule has 0 saturated heterocycles. The average Bonchev–Trinajstić information content (AvgIpc) is 2.91. The maximum atomic E-state index is 6.35. The van der Waals surface area contributed by atoms with E-state index in [2.05, 4.69) is 26.0 Å². The number of nitrogens with zero attached hydrogens (tertiary/aromatic N) is 3. The van der Waals surface area contributed by atoms with Crippen LogP contribution in [0.3, 0.4) is 0 Å². The van der Waals surface area contributed by atoms with Crippen molar-refractivity contribution in [2.24, 2.45) is 10.7 Å². The van der Waals surface area contributed by atoms with Crippen LogP contribution in [0, 0.1) is 0 Å². The van der Waals surface area contributed by atoms with Crippen LogP contribution >= 0.6 is 27.5 Å². The molecule has 3 aromatic rings. The molecule has 0 bridgehead atoms. The van der Waals surface area contributed by atoms with Gasteiger partial charge in [-0.25, -0.2) is 9.51 Å². The molecule has 4 nitrogen and oxygen atoms in total. The molecule has 6 heteroatoms. The third-order valence-corrected chi connectivity index (χ3v) is 3.94. The summed E-state index contributed by atoms with van der Waals surface area (Å²) in [4.78, 5) is 4.39. The lowest BCUT2D eigenvalue weighted by atomic mass is 10.2. The number of halogens is 2. The number of hydrogen-bond donors (Lipinski definition) is 1. The summed E-state index contributed by atoms with van der Waals surface area (Å²) in [5, 5.41) is 4.79. The predicted octanol–water partition coefficient (Wildman–Crippen LogP) is 3.79. The quantitative estimate of drug-likeness (QED) is 0.565. The smallest absolute Gasteiger partial charge is 0.134 e. The summed E-state index contributed by atoms with van der Waals surface area (Å²) in [5.41, 5.74) is 8.22. The van der Waals surface area contributed by atoms with Crippen LogP contribution in [0.15, 0.2) is 58.3 Å². The van der Waals surface area contributed by atoms with Gasteiger partial charge in [-0.15, -0.1) is 0 Å². The summed E-state index contributed by atoms with van der Waals surface area (Å²) >= 11 is 9.78. The van der Waals surface area contributed by atoms with Gasteiger partial charge in [0.1, 0.15) is 5.84 Å². The molecule has 0 aliphatic rings. The first-order chi connectivity index (χ1) is 9.66. The molecule has 100 valence electrons. The number of para-hydroxylation sites is 1. The number of nitrogens with two attached hydrogens (primary N) is 1. The fraction of sp³-hybridized carbons (Fsp3) is 0. The summed E-state index contributed by atoms with van der Waals surface area (Å²) < 4.78 is 2.56. The van der Waals surface area contributed by atoms with Crippen molar-refractivity contribution < 1.29 is 0 Å². The van der Waals surface area contributed by atoms with Crippen molar-refractivity contribution in [2.45, 2.75) is 0 Å². The molecule has 0 amide bonds. The Morgan fingerprint density at radius 2 is 2.05 bits per heavy atom. The Kier molecular flexibility index (Phi) is 3.46. The van der Waals surface area contributed by atoms with Crippen LogP contribution in [-0.2, 0) is 0 Å². The number of benzene rings is 1. The minimum absolute atomic E-state index is 0.332. The van der Waals surface area contributed by atoms with Gasteiger partial charge in [0.25, 0.3) is 0 Å². The number of rotatable bonds is 2. The van der Waals surface area contributed by atoms with E-state index in [4.69, 9.17) is 17.3 Å². The van der Waals surface area contributed by atoms with Crippen molar-refractivity contribution in [2.75, 3.05) is 0 Å². The molecule has 2 heterocycles. The Labute approximate surface area is 129 Å². The average molecular weight is 350 g/mol. The minimum atomic E-state index is 0.332. The summed E-state index contributed by atoms with van der Waals surface area (Å²) in [6.07, 6.45) is 3.44. The highest BCUT2D eigenvalue weighted by molar-refractivity contribution is 9.10. The van der Waals surface area contributed by atoms with Crippen molar-refractivity contribution >= 4 is 44.6 Å². The molecule has 0 aliphatic carbocycles. The number of hydrogen-bond acceptors (Lipinski definition) is 2. The fourth-order valence-corrected chi connectivity index (χ4v) is 2.54. The molecule has 2 N–H and O–H groups in total. The molecule has 0 saturated carbocycles. The first-order valence-electron chi connectivity index (χ1n) is 5.88. The summed E-state index contributed by atoms with van der Waals surface area (Å²) in [5.74, 6) is 0.332. The van der Waals surface area contributed by atoms with E-state index in [1.807, 2.05) is 42.6 Å². The van der Waals surface area contributed by atoms with Crippen LogP contribution in [0.5, 0.6) is 0 Å². The molecule has 0 atom stereocenters. The first kappa shape index (κ1) is 13.1. The number of aliphatic imine (C=N–C) groups is 1. The van der Waals surface area contributed by atoms with Gasteiger partial charge in [0, 0.05) is 10.7 Å². The zero-order valence-corrected chi connectivity index (χ0v) is 12.6. The van der Waals surface area contributed by atoms with Crippen molar-refractivity contribution in [3.05, 3.63) is 63.9 Å². The summed E-state index contributed by atoms with van der Waals surface area (Å²) in [6.45, 7) is 0. The molecule has 20 heavy (non-hydrogen) atoms. The Morgan fingerprint density at radius 3 is 2.85 bits per heavy atom. The highest BCUT2D eigenvalue weighted by atomic mass is 79.9. The van der Waals surface area contributed by atoms with Crippen molar-refractivity contribution in [3.63, 3.8) is 0 Å². The largest absolute Gasteiger partial charge is 0.383 e. The third-order valence-electron chi connectivity index (χ3n) is 2.87. The standard InChI is InChI=1S/C14H10BrClN4/c15-10-4-1-2-5-11(10)19-14(17)9-8-18-20-7-3-6-12(20)13(9)16/h1-8H,(H2,17,19). The minimum Gasteiger partial charge on any atom is -0.383 e. The SMILES string of the molecule is N/C(=N\c1ccccc1Br)c1cnn2cccc2c1Cl. The molecular formula is C14H10BrClN4. The molecular weight excluding hydrogens is 340 g/mol.